The van der Waals surface area contributed by atoms with Crippen LogP contribution >= 0.6 is 11.6 Å². The standard InChI is InChI=1S/C17H18ClNO3/c1-3-21-15-9-13(14(18)10-16(15)22-4-2)17(20)11-5-7-12(19)8-6-11/h5-10H,3-4,19H2,1-2H3. The Morgan fingerprint density at radius 3 is 2.14 bits per heavy atom. The highest BCUT2D eigenvalue weighted by Gasteiger charge is 2.17. The zero-order valence-corrected chi connectivity index (χ0v) is 13.3. The summed E-state index contributed by atoms with van der Waals surface area (Å²) in [6.07, 6.45) is 0. The average Bonchev–Trinajstić information content (AvgIpc) is 2.50. The van der Waals surface area contributed by atoms with Crippen LogP contribution in [0.1, 0.15) is 29.8 Å². The van der Waals surface area contributed by atoms with Crippen LogP contribution in [0.2, 0.25) is 5.02 Å². The Morgan fingerprint density at radius 1 is 1.05 bits per heavy atom. The van der Waals surface area contributed by atoms with Gasteiger partial charge in [-0.3, -0.25) is 4.79 Å². The molecule has 0 radical (unpaired) electrons. The molecule has 0 bridgehead atoms. The van der Waals surface area contributed by atoms with E-state index < -0.39 is 0 Å². The number of ketones is 1. The molecule has 0 fully saturated rings. The Labute approximate surface area is 134 Å². The second-order valence-electron chi connectivity index (χ2n) is 4.60. The molecule has 0 atom stereocenters. The number of hydrogen-bond donors (Lipinski definition) is 1. The summed E-state index contributed by atoms with van der Waals surface area (Å²) in [5, 5.41) is 0.328. The predicted octanol–water partition coefficient (Wildman–Crippen LogP) is 3.95. The molecule has 0 aromatic heterocycles. The Morgan fingerprint density at radius 2 is 1.59 bits per heavy atom. The van der Waals surface area contributed by atoms with Crippen LogP contribution in [-0.2, 0) is 0 Å². The van der Waals surface area contributed by atoms with E-state index in [2.05, 4.69) is 0 Å². The topological polar surface area (TPSA) is 61.5 Å². The van der Waals surface area contributed by atoms with Crippen molar-refractivity contribution < 1.29 is 14.3 Å². The number of carbonyl (C=O) groups excluding carboxylic acids is 1. The highest BCUT2D eigenvalue weighted by molar-refractivity contribution is 6.35. The van der Waals surface area contributed by atoms with E-state index in [4.69, 9.17) is 26.8 Å². The van der Waals surface area contributed by atoms with Gasteiger partial charge < -0.3 is 15.2 Å². The molecule has 22 heavy (non-hydrogen) atoms. The predicted molar refractivity (Wildman–Crippen MR) is 88.1 cm³/mol. The van der Waals surface area contributed by atoms with Crippen LogP contribution in [0, 0.1) is 0 Å². The number of benzene rings is 2. The Kier molecular flexibility index (Phi) is 5.28. The van der Waals surface area contributed by atoms with Gasteiger partial charge in [0.05, 0.1) is 18.2 Å². The molecule has 0 aliphatic rings. The average molecular weight is 320 g/mol. The summed E-state index contributed by atoms with van der Waals surface area (Å²) in [7, 11) is 0. The molecule has 2 aromatic rings. The molecule has 4 nitrogen and oxygen atoms in total. The fraction of sp³-hybridized carbons (Fsp3) is 0.235. The van der Waals surface area contributed by atoms with Gasteiger partial charge in [0.2, 0.25) is 0 Å². The smallest absolute Gasteiger partial charge is 0.194 e. The normalized spacial score (nSPS) is 10.3. The molecule has 0 heterocycles. The molecule has 116 valence electrons. The van der Waals surface area contributed by atoms with Gasteiger partial charge in [0, 0.05) is 22.9 Å². The minimum Gasteiger partial charge on any atom is -0.490 e. The highest BCUT2D eigenvalue weighted by atomic mass is 35.5. The maximum absolute atomic E-state index is 12.6. The molecular formula is C17H18ClNO3. The van der Waals surface area contributed by atoms with Crippen LogP contribution in [0.3, 0.4) is 0 Å². The third-order valence-electron chi connectivity index (χ3n) is 3.05. The number of hydrogen-bond acceptors (Lipinski definition) is 4. The van der Waals surface area contributed by atoms with E-state index in [1.165, 1.54) is 0 Å². The van der Waals surface area contributed by atoms with Crippen LogP contribution in [0.5, 0.6) is 11.5 Å². The zero-order valence-electron chi connectivity index (χ0n) is 12.6. The first kappa shape index (κ1) is 16.2. The highest BCUT2D eigenvalue weighted by Crippen LogP contribution is 2.34. The van der Waals surface area contributed by atoms with Crippen molar-refractivity contribution in [2.24, 2.45) is 0 Å². The number of halogens is 1. The Bertz CT molecular complexity index is 668. The second-order valence-corrected chi connectivity index (χ2v) is 5.00. The van der Waals surface area contributed by atoms with Crippen LogP contribution in [-0.4, -0.2) is 19.0 Å². The second kappa shape index (κ2) is 7.18. The van der Waals surface area contributed by atoms with E-state index in [0.717, 1.165) is 0 Å². The van der Waals surface area contributed by atoms with Crippen LogP contribution < -0.4 is 15.2 Å². The first-order valence-electron chi connectivity index (χ1n) is 7.06. The number of nitrogen functional groups attached to an aromatic ring is 1. The van der Waals surface area contributed by atoms with Crippen molar-refractivity contribution in [1.82, 2.24) is 0 Å². The van der Waals surface area contributed by atoms with E-state index >= 15 is 0 Å². The lowest BCUT2D eigenvalue weighted by molar-refractivity contribution is 0.103. The summed E-state index contributed by atoms with van der Waals surface area (Å²) < 4.78 is 11.0. The van der Waals surface area contributed by atoms with Crippen LogP contribution in [0.25, 0.3) is 0 Å². The van der Waals surface area contributed by atoms with Crippen molar-refractivity contribution >= 4 is 23.1 Å². The van der Waals surface area contributed by atoms with Crippen molar-refractivity contribution in [3.63, 3.8) is 0 Å². The number of carbonyl (C=O) groups is 1. The minimum absolute atomic E-state index is 0.186. The van der Waals surface area contributed by atoms with Crippen molar-refractivity contribution in [1.29, 1.82) is 0 Å². The lowest BCUT2D eigenvalue weighted by Crippen LogP contribution is -2.05. The van der Waals surface area contributed by atoms with Gasteiger partial charge in [0.25, 0.3) is 0 Å². The van der Waals surface area contributed by atoms with E-state index in [1.807, 2.05) is 13.8 Å². The van der Waals surface area contributed by atoms with Crippen molar-refractivity contribution in [3.05, 3.63) is 52.5 Å². The molecule has 2 rings (SSSR count). The summed E-state index contributed by atoms with van der Waals surface area (Å²) in [5.41, 5.74) is 7.13. The van der Waals surface area contributed by atoms with E-state index in [0.29, 0.717) is 46.5 Å². The van der Waals surface area contributed by atoms with Gasteiger partial charge in [-0.25, -0.2) is 0 Å². The molecule has 0 saturated heterocycles. The molecule has 2 N–H and O–H groups in total. The van der Waals surface area contributed by atoms with E-state index in [1.54, 1.807) is 36.4 Å². The minimum atomic E-state index is -0.186. The largest absolute Gasteiger partial charge is 0.490 e. The summed E-state index contributed by atoms with van der Waals surface area (Å²) in [5.74, 6) is 0.852. The first-order chi connectivity index (χ1) is 10.6. The third-order valence-corrected chi connectivity index (χ3v) is 3.36. The van der Waals surface area contributed by atoms with Gasteiger partial charge in [-0.1, -0.05) is 11.6 Å². The number of nitrogens with two attached hydrogens (primary N) is 1. The lowest BCUT2D eigenvalue weighted by atomic mass is 10.0. The summed E-state index contributed by atoms with van der Waals surface area (Å²) >= 11 is 6.23. The lowest BCUT2D eigenvalue weighted by Gasteiger charge is -2.13. The Balaban J connectivity index is 2.43. The number of anilines is 1. The Hall–Kier alpha value is -2.20. The van der Waals surface area contributed by atoms with Crippen LogP contribution in [0.15, 0.2) is 36.4 Å². The summed E-state index contributed by atoms with van der Waals surface area (Å²) in [6.45, 7) is 4.70. The van der Waals surface area contributed by atoms with Gasteiger partial charge in [-0.05, 0) is 44.2 Å². The SMILES string of the molecule is CCOc1cc(Cl)c(C(=O)c2ccc(N)cc2)cc1OCC. The van der Waals surface area contributed by atoms with E-state index in [9.17, 15) is 4.79 Å². The third kappa shape index (κ3) is 3.52. The molecule has 0 saturated carbocycles. The first-order valence-corrected chi connectivity index (χ1v) is 7.44. The van der Waals surface area contributed by atoms with Gasteiger partial charge in [0.1, 0.15) is 0 Å². The molecule has 2 aromatic carbocycles. The quantitative estimate of drug-likeness (QED) is 0.647. The van der Waals surface area contributed by atoms with Gasteiger partial charge >= 0.3 is 0 Å². The summed E-state index contributed by atoms with van der Waals surface area (Å²) in [6, 6.07) is 9.93. The fourth-order valence-corrected chi connectivity index (χ4v) is 2.28. The van der Waals surface area contributed by atoms with Gasteiger partial charge in [-0.2, -0.15) is 0 Å². The molecule has 0 amide bonds. The monoisotopic (exact) mass is 319 g/mol. The zero-order chi connectivity index (χ0) is 16.1. The molecule has 0 aliphatic carbocycles. The van der Waals surface area contributed by atoms with E-state index in [-0.39, 0.29) is 5.78 Å². The van der Waals surface area contributed by atoms with Crippen LogP contribution in [0.4, 0.5) is 5.69 Å². The van der Waals surface area contributed by atoms with Crippen molar-refractivity contribution in [3.8, 4) is 11.5 Å². The fourth-order valence-electron chi connectivity index (χ4n) is 2.04. The maximum atomic E-state index is 12.6. The van der Waals surface area contributed by atoms with Gasteiger partial charge in [0.15, 0.2) is 17.3 Å². The van der Waals surface area contributed by atoms with Crippen molar-refractivity contribution in [2.75, 3.05) is 18.9 Å². The molecule has 5 heteroatoms. The molecule has 0 aliphatic heterocycles. The molecule has 0 spiro atoms. The summed E-state index contributed by atoms with van der Waals surface area (Å²) in [4.78, 5) is 12.6. The number of ether oxygens (including phenoxy) is 2. The molecular weight excluding hydrogens is 302 g/mol. The van der Waals surface area contributed by atoms with Crippen molar-refractivity contribution in [2.45, 2.75) is 13.8 Å². The van der Waals surface area contributed by atoms with Gasteiger partial charge in [-0.15, -0.1) is 0 Å². The molecule has 0 unspecified atom stereocenters. The number of rotatable bonds is 6. The maximum Gasteiger partial charge on any atom is 0.194 e.